The zero-order chi connectivity index (χ0) is 27.0. The Labute approximate surface area is 221 Å². The zero-order valence-corrected chi connectivity index (χ0v) is 22.2. The summed E-state index contributed by atoms with van der Waals surface area (Å²) in [6, 6.07) is 19.2. The molecule has 0 spiro atoms. The molecular weight excluding hydrogens is 517 g/mol. The molecule has 0 bridgehead atoms. The van der Waals surface area contributed by atoms with E-state index in [1.165, 1.54) is 23.1 Å². The van der Waals surface area contributed by atoms with E-state index in [0.717, 1.165) is 28.4 Å². The van der Waals surface area contributed by atoms with Gasteiger partial charge in [-0.3, -0.25) is 13.9 Å². The second kappa shape index (κ2) is 12.7. The lowest BCUT2D eigenvalue weighted by Gasteiger charge is -2.32. The molecular formula is C27H29ClFN3O4S. The van der Waals surface area contributed by atoms with Crippen molar-refractivity contribution in [1.29, 1.82) is 0 Å². The average molecular weight is 546 g/mol. The van der Waals surface area contributed by atoms with Crippen LogP contribution in [0.25, 0.3) is 0 Å². The fourth-order valence-electron chi connectivity index (χ4n) is 3.65. The number of nitrogens with one attached hydrogen (secondary N) is 1. The first-order valence-electron chi connectivity index (χ1n) is 11.8. The molecule has 37 heavy (non-hydrogen) atoms. The fraction of sp³-hybridized carbons (Fsp3) is 0.259. The summed E-state index contributed by atoms with van der Waals surface area (Å²) < 4.78 is 42.0. The van der Waals surface area contributed by atoms with Crippen LogP contribution < -0.4 is 9.62 Å². The van der Waals surface area contributed by atoms with Crippen LogP contribution in [0.15, 0.2) is 83.8 Å². The van der Waals surface area contributed by atoms with Gasteiger partial charge in [0.25, 0.3) is 10.0 Å². The van der Waals surface area contributed by atoms with Crippen LogP contribution in [0.5, 0.6) is 0 Å². The summed E-state index contributed by atoms with van der Waals surface area (Å²) in [7, 11) is -4.24. The molecule has 1 N–H and O–H groups in total. The molecule has 0 radical (unpaired) electrons. The van der Waals surface area contributed by atoms with Crippen LogP contribution >= 0.6 is 11.6 Å². The molecule has 0 saturated carbocycles. The zero-order valence-electron chi connectivity index (χ0n) is 20.6. The monoisotopic (exact) mass is 545 g/mol. The van der Waals surface area contributed by atoms with E-state index in [1.54, 1.807) is 25.1 Å². The lowest BCUT2D eigenvalue weighted by Crippen LogP contribution is -2.51. The number of amides is 2. The lowest BCUT2D eigenvalue weighted by atomic mass is 10.1. The van der Waals surface area contributed by atoms with Gasteiger partial charge in [0.2, 0.25) is 11.8 Å². The highest BCUT2D eigenvalue weighted by molar-refractivity contribution is 7.92. The molecule has 10 heteroatoms. The number of carbonyl (C=O) groups is 2. The van der Waals surface area contributed by atoms with Crippen LogP contribution in [-0.2, 0) is 26.2 Å². The molecule has 7 nitrogen and oxygen atoms in total. The van der Waals surface area contributed by atoms with Crippen LogP contribution in [0, 0.1) is 5.82 Å². The van der Waals surface area contributed by atoms with Gasteiger partial charge in [-0.05, 0) is 49.2 Å². The summed E-state index contributed by atoms with van der Waals surface area (Å²) >= 11 is 5.96. The second-order valence-corrected chi connectivity index (χ2v) is 10.7. The third-order valence-corrected chi connectivity index (χ3v) is 7.79. The maximum atomic E-state index is 13.9. The molecule has 3 aromatic rings. The number of carbonyl (C=O) groups excluding carboxylic acids is 2. The smallest absolute Gasteiger partial charge is 0.264 e. The van der Waals surface area contributed by atoms with Crippen LogP contribution in [-0.4, -0.2) is 44.3 Å². The summed E-state index contributed by atoms with van der Waals surface area (Å²) in [6.45, 7) is 3.41. The van der Waals surface area contributed by atoms with Crippen molar-refractivity contribution in [1.82, 2.24) is 10.2 Å². The van der Waals surface area contributed by atoms with Gasteiger partial charge in [-0.15, -0.1) is 0 Å². The highest BCUT2D eigenvalue weighted by Gasteiger charge is 2.32. The summed E-state index contributed by atoms with van der Waals surface area (Å²) in [5, 5.41) is 2.50. The van der Waals surface area contributed by atoms with E-state index in [9.17, 15) is 22.4 Å². The van der Waals surface area contributed by atoms with Crippen molar-refractivity contribution in [2.45, 2.75) is 37.8 Å². The van der Waals surface area contributed by atoms with Gasteiger partial charge in [-0.25, -0.2) is 12.8 Å². The first-order valence-corrected chi connectivity index (χ1v) is 13.6. The van der Waals surface area contributed by atoms with Crippen molar-refractivity contribution in [3.05, 3.63) is 95.3 Å². The summed E-state index contributed by atoms with van der Waals surface area (Å²) in [4.78, 5) is 27.8. The van der Waals surface area contributed by atoms with E-state index < -0.39 is 34.3 Å². The largest absolute Gasteiger partial charge is 0.354 e. The molecule has 0 aliphatic heterocycles. The SMILES string of the molecule is CCCNC(=O)[C@@H](C)N(Cc1ccccc1)C(=O)CN(c1ccc(F)c(Cl)c1)S(=O)(=O)c1ccccc1. The van der Waals surface area contributed by atoms with Crippen molar-refractivity contribution in [3.8, 4) is 0 Å². The van der Waals surface area contributed by atoms with Gasteiger partial charge in [0.15, 0.2) is 0 Å². The molecule has 3 rings (SSSR count). The Balaban J connectivity index is 2.02. The first kappa shape index (κ1) is 28.1. The molecule has 1 atom stereocenters. The van der Waals surface area contributed by atoms with Gasteiger partial charge in [-0.1, -0.05) is 67.1 Å². The van der Waals surface area contributed by atoms with E-state index in [2.05, 4.69) is 5.32 Å². The van der Waals surface area contributed by atoms with Gasteiger partial charge in [-0.2, -0.15) is 0 Å². The van der Waals surface area contributed by atoms with E-state index in [0.29, 0.717) is 6.54 Å². The molecule has 0 aliphatic carbocycles. The third kappa shape index (κ3) is 7.08. The van der Waals surface area contributed by atoms with Gasteiger partial charge in [0, 0.05) is 13.1 Å². The highest BCUT2D eigenvalue weighted by Crippen LogP contribution is 2.28. The van der Waals surface area contributed by atoms with Crippen LogP contribution in [0.3, 0.4) is 0 Å². The molecule has 2 amide bonds. The lowest BCUT2D eigenvalue weighted by molar-refractivity contribution is -0.139. The number of nitrogens with zero attached hydrogens (tertiary/aromatic N) is 2. The van der Waals surface area contributed by atoms with Crippen LogP contribution in [0.4, 0.5) is 10.1 Å². The minimum atomic E-state index is -4.24. The molecule has 0 heterocycles. The summed E-state index contributed by atoms with van der Waals surface area (Å²) in [5.41, 5.74) is 0.791. The van der Waals surface area contributed by atoms with E-state index in [4.69, 9.17) is 11.6 Å². The second-order valence-electron chi connectivity index (χ2n) is 8.40. The van der Waals surface area contributed by atoms with E-state index in [1.807, 2.05) is 37.3 Å². The van der Waals surface area contributed by atoms with Crippen LogP contribution in [0.2, 0.25) is 5.02 Å². The van der Waals surface area contributed by atoms with Crippen molar-refractivity contribution in [2.24, 2.45) is 0 Å². The number of benzene rings is 3. The average Bonchev–Trinajstić information content (AvgIpc) is 2.91. The summed E-state index contributed by atoms with van der Waals surface area (Å²) in [6.07, 6.45) is 0.722. The number of halogens is 2. The molecule has 0 unspecified atom stereocenters. The quantitative estimate of drug-likeness (QED) is 0.381. The van der Waals surface area contributed by atoms with Gasteiger partial charge >= 0.3 is 0 Å². The standard InChI is InChI=1S/C27H29ClFN3O4S/c1-3-16-30-27(34)20(2)31(18-21-10-6-4-7-11-21)26(33)19-32(22-14-15-25(29)24(28)17-22)37(35,36)23-12-8-5-9-13-23/h4-15,17,20H,3,16,18-19H2,1-2H3,(H,30,34)/t20-/m1/s1. The van der Waals surface area contributed by atoms with Gasteiger partial charge in [0.1, 0.15) is 18.4 Å². The molecule has 0 saturated heterocycles. The van der Waals surface area contributed by atoms with Crippen LogP contribution in [0.1, 0.15) is 25.8 Å². The minimum absolute atomic E-state index is 0.0198. The highest BCUT2D eigenvalue weighted by atomic mass is 35.5. The maximum absolute atomic E-state index is 13.9. The van der Waals surface area contributed by atoms with Crippen molar-refractivity contribution < 1.29 is 22.4 Å². The predicted octanol–water partition coefficient (Wildman–Crippen LogP) is 4.62. The Morgan fingerprint density at radius 2 is 1.62 bits per heavy atom. The maximum Gasteiger partial charge on any atom is 0.264 e. The number of anilines is 1. The van der Waals surface area contributed by atoms with Crippen molar-refractivity contribution in [2.75, 3.05) is 17.4 Å². The first-order chi connectivity index (χ1) is 17.6. The molecule has 3 aromatic carbocycles. The molecule has 196 valence electrons. The number of hydrogen-bond acceptors (Lipinski definition) is 4. The van der Waals surface area contributed by atoms with E-state index >= 15 is 0 Å². The summed E-state index contributed by atoms with van der Waals surface area (Å²) in [5.74, 6) is -1.68. The minimum Gasteiger partial charge on any atom is -0.354 e. The van der Waals surface area contributed by atoms with Gasteiger partial charge in [0.05, 0.1) is 15.6 Å². The predicted molar refractivity (Wildman–Crippen MR) is 142 cm³/mol. The normalized spacial score (nSPS) is 12.0. The Morgan fingerprint density at radius 3 is 2.22 bits per heavy atom. The Bertz CT molecular complexity index is 1320. The number of rotatable bonds is 11. The van der Waals surface area contributed by atoms with Crippen molar-refractivity contribution >= 4 is 39.1 Å². The van der Waals surface area contributed by atoms with E-state index in [-0.39, 0.29) is 28.1 Å². The molecule has 0 aromatic heterocycles. The molecule has 0 fully saturated rings. The molecule has 0 aliphatic rings. The Morgan fingerprint density at radius 1 is 1.00 bits per heavy atom. The topological polar surface area (TPSA) is 86.8 Å². The Hall–Kier alpha value is -3.43. The third-order valence-electron chi connectivity index (χ3n) is 5.71. The van der Waals surface area contributed by atoms with Crippen molar-refractivity contribution in [3.63, 3.8) is 0 Å². The fourth-order valence-corrected chi connectivity index (χ4v) is 5.25. The van der Waals surface area contributed by atoms with Gasteiger partial charge < -0.3 is 10.2 Å². The number of hydrogen-bond donors (Lipinski definition) is 1. The Kier molecular flexibility index (Phi) is 9.66. The number of sulfonamides is 1.